The predicted octanol–water partition coefficient (Wildman–Crippen LogP) is 2.03. The molecule has 0 fully saturated rings. The van der Waals surface area contributed by atoms with Crippen LogP contribution in [0.5, 0.6) is 0 Å². The molecule has 0 unspecified atom stereocenters. The zero-order valence-corrected chi connectivity index (χ0v) is 9.46. The molecule has 0 radical (unpaired) electrons. The van der Waals surface area contributed by atoms with Crippen LogP contribution in [0, 0.1) is 0 Å². The Kier molecular flexibility index (Phi) is 9.33. The van der Waals surface area contributed by atoms with Crippen molar-refractivity contribution in [2.45, 2.75) is 25.4 Å². The fourth-order valence-electron chi connectivity index (χ4n) is 0.952. The van der Waals surface area contributed by atoms with Crippen LogP contribution in [0.15, 0.2) is 0 Å². The highest BCUT2D eigenvalue weighted by Gasteiger charge is 2.25. The summed E-state index contributed by atoms with van der Waals surface area (Å²) in [5.74, 6) is 1.78. The molecule has 0 aliphatic heterocycles. The second-order valence-electron chi connectivity index (χ2n) is 3.16. The Balaban J connectivity index is 2.99. The second kappa shape index (κ2) is 9.30. The molecule has 0 amide bonds. The molecule has 0 aromatic heterocycles. The maximum absolute atomic E-state index is 11.7. The molecule has 0 aliphatic carbocycles. The number of rotatable bonds is 9. The summed E-state index contributed by atoms with van der Waals surface area (Å²) in [5.41, 5.74) is 0. The third kappa shape index (κ3) is 14.1. The molecular formula is C9H18F3NOS. The first-order valence-corrected chi connectivity index (χ1v) is 6.18. The van der Waals surface area contributed by atoms with Gasteiger partial charge in [0, 0.05) is 25.3 Å². The standard InChI is InChI=1S/C9H18F3NOS/c10-9(11,12)3-1-4-13-5-8-15-7-2-6-14/h13-14H,1-8H2. The maximum Gasteiger partial charge on any atom is 0.389 e. The Labute approximate surface area is 92.6 Å². The van der Waals surface area contributed by atoms with E-state index in [4.69, 9.17) is 5.11 Å². The summed E-state index contributed by atoms with van der Waals surface area (Å²) in [6, 6.07) is 0. The average Bonchev–Trinajstić information content (AvgIpc) is 2.14. The number of aliphatic hydroxyl groups is 1. The summed E-state index contributed by atoms with van der Waals surface area (Å²) in [5, 5.41) is 11.4. The Hall–Kier alpha value is 0.0600. The fraction of sp³-hybridized carbons (Fsp3) is 1.00. The van der Waals surface area contributed by atoms with Crippen LogP contribution < -0.4 is 5.32 Å². The van der Waals surface area contributed by atoms with Crippen LogP contribution in [0.4, 0.5) is 13.2 Å². The lowest BCUT2D eigenvalue weighted by Gasteiger charge is -2.06. The molecule has 0 saturated carbocycles. The highest BCUT2D eigenvalue weighted by atomic mass is 32.2. The minimum atomic E-state index is -4.03. The van der Waals surface area contributed by atoms with Gasteiger partial charge in [0.05, 0.1) is 0 Å². The monoisotopic (exact) mass is 245 g/mol. The third-order valence-electron chi connectivity index (χ3n) is 1.68. The number of alkyl halides is 3. The third-order valence-corrected chi connectivity index (χ3v) is 2.75. The summed E-state index contributed by atoms with van der Waals surface area (Å²) in [4.78, 5) is 0. The van der Waals surface area contributed by atoms with Gasteiger partial charge in [0.25, 0.3) is 0 Å². The van der Waals surface area contributed by atoms with E-state index in [0.717, 1.165) is 24.5 Å². The van der Waals surface area contributed by atoms with Crippen molar-refractivity contribution < 1.29 is 18.3 Å². The zero-order valence-electron chi connectivity index (χ0n) is 8.65. The van der Waals surface area contributed by atoms with Crippen molar-refractivity contribution in [3.8, 4) is 0 Å². The fourth-order valence-corrected chi connectivity index (χ4v) is 1.78. The van der Waals surface area contributed by atoms with Crippen molar-refractivity contribution in [2.75, 3.05) is 31.2 Å². The number of thioether (sulfide) groups is 1. The smallest absolute Gasteiger partial charge is 0.389 e. The van der Waals surface area contributed by atoms with Crippen LogP contribution in [-0.4, -0.2) is 42.5 Å². The van der Waals surface area contributed by atoms with Gasteiger partial charge in [0.2, 0.25) is 0 Å². The van der Waals surface area contributed by atoms with Gasteiger partial charge in [0.1, 0.15) is 0 Å². The number of hydrogen-bond acceptors (Lipinski definition) is 3. The van der Waals surface area contributed by atoms with Crippen LogP contribution in [0.1, 0.15) is 19.3 Å². The van der Waals surface area contributed by atoms with Crippen molar-refractivity contribution in [1.29, 1.82) is 0 Å². The molecule has 0 heterocycles. The lowest BCUT2D eigenvalue weighted by Crippen LogP contribution is -2.20. The van der Waals surface area contributed by atoms with Gasteiger partial charge in [-0.25, -0.2) is 0 Å². The van der Waals surface area contributed by atoms with E-state index in [1.165, 1.54) is 0 Å². The van der Waals surface area contributed by atoms with E-state index in [9.17, 15) is 13.2 Å². The molecule has 0 spiro atoms. The first-order chi connectivity index (χ1) is 7.06. The first-order valence-electron chi connectivity index (χ1n) is 5.02. The minimum absolute atomic E-state index is 0.144. The van der Waals surface area contributed by atoms with Gasteiger partial charge < -0.3 is 10.4 Å². The van der Waals surface area contributed by atoms with Gasteiger partial charge in [0.15, 0.2) is 0 Å². The van der Waals surface area contributed by atoms with Crippen molar-refractivity contribution in [2.24, 2.45) is 0 Å². The molecule has 0 rings (SSSR count). The van der Waals surface area contributed by atoms with Crippen LogP contribution in [-0.2, 0) is 0 Å². The minimum Gasteiger partial charge on any atom is -0.396 e. The largest absolute Gasteiger partial charge is 0.396 e. The number of aliphatic hydroxyl groups excluding tert-OH is 1. The van der Waals surface area contributed by atoms with Gasteiger partial charge >= 0.3 is 6.18 Å². The normalized spacial score (nSPS) is 12.0. The zero-order chi connectivity index (χ0) is 11.6. The first kappa shape index (κ1) is 15.1. The van der Waals surface area contributed by atoms with E-state index in [1.807, 2.05) is 0 Å². The highest BCUT2D eigenvalue weighted by Crippen LogP contribution is 2.20. The van der Waals surface area contributed by atoms with E-state index >= 15 is 0 Å². The molecule has 2 nitrogen and oxygen atoms in total. The van der Waals surface area contributed by atoms with E-state index < -0.39 is 12.6 Å². The van der Waals surface area contributed by atoms with Crippen molar-refractivity contribution in [1.82, 2.24) is 5.32 Å². The highest BCUT2D eigenvalue weighted by molar-refractivity contribution is 7.99. The Bertz CT molecular complexity index is 144. The predicted molar refractivity (Wildman–Crippen MR) is 57.2 cm³/mol. The molecule has 0 aromatic rings. The molecule has 0 aromatic carbocycles. The molecule has 0 aliphatic rings. The molecule has 6 heteroatoms. The molecule has 15 heavy (non-hydrogen) atoms. The summed E-state index contributed by atoms with van der Waals surface area (Å²) in [7, 11) is 0. The van der Waals surface area contributed by atoms with Crippen molar-refractivity contribution in [3.63, 3.8) is 0 Å². The lowest BCUT2D eigenvalue weighted by atomic mass is 10.3. The van der Waals surface area contributed by atoms with E-state index in [0.29, 0.717) is 6.54 Å². The molecule has 2 N–H and O–H groups in total. The van der Waals surface area contributed by atoms with Gasteiger partial charge in [-0.3, -0.25) is 0 Å². The topological polar surface area (TPSA) is 32.3 Å². The van der Waals surface area contributed by atoms with Crippen molar-refractivity contribution >= 4 is 11.8 Å². The molecule has 92 valence electrons. The molecular weight excluding hydrogens is 227 g/mol. The van der Waals surface area contributed by atoms with Gasteiger partial charge in [-0.1, -0.05) is 0 Å². The van der Waals surface area contributed by atoms with E-state index in [2.05, 4.69) is 5.32 Å². The molecule has 0 atom stereocenters. The van der Waals surface area contributed by atoms with Crippen LogP contribution in [0.25, 0.3) is 0 Å². The van der Waals surface area contributed by atoms with E-state index in [-0.39, 0.29) is 13.0 Å². The number of hydrogen-bond donors (Lipinski definition) is 2. The van der Waals surface area contributed by atoms with Gasteiger partial charge in [-0.15, -0.1) is 0 Å². The lowest BCUT2D eigenvalue weighted by molar-refractivity contribution is -0.135. The van der Waals surface area contributed by atoms with Crippen molar-refractivity contribution in [3.05, 3.63) is 0 Å². The summed E-state index contributed by atoms with van der Waals surface area (Å²) < 4.78 is 35.1. The average molecular weight is 245 g/mol. The van der Waals surface area contributed by atoms with E-state index in [1.54, 1.807) is 11.8 Å². The maximum atomic E-state index is 11.7. The SMILES string of the molecule is OCCCSCCNCCCC(F)(F)F. The van der Waals surface area contributed by atoms with Crippen LogP contribution >= 0.6 is 11.8 Å². The Morgan fingerprint density at radius 3 is 2.40 bits per heavy atom. The Morgan fingerprint density at radius 2 is 1.80 bits per heavy atom. The summed E-state index contributed by atoms with van der Waals surface area (Å²) >= 11 is 1.70. The van der Waals surface area contributed by atoms with Gasteiger partial charge in [-0.2, -0.15) is 24.9 Å². The quantitative estimate of drug-likeness (QED) is 0.610. The Morgan fingerprint density at radius 1 is 1.07 bits per heavy atom. The molecule has 0 saturated heterocycles. The van der Waals surface area contributed by atoms with Gasteiger partial charge in [-0.05, 0) is 25.1 Å². The number of nitrogens with one attached hydrogen (secondary N) is 1. The second-order valence-corrected chi connectivity index (χ2v) is 4.38. The van der Waals surface area contributed by atoms with Crippen LogP contribution in [0.3, 0.4) is 0 Å². The van der Waals surface area contributed by atoms with Crippen LogP contribution in [0.2, 0.25) is 0 Å². The number of halogens is 3. The molecule has 0 bridgehead atoms. The summed E-state index contributed by atoms with van der Waals surface area (Å²) in [6.07, 6.45) is -3.82. The summed E-state index contributed by atoms with van der Waals surface area (Å²) in [6.45, 7) is 1.35.